The average Bonchev–Trinajstić information content (AvgIpc) is 3.50. The van der Waals surface area contributed by atoms with Crippen molar-refractivity contribution in [2.24, 2.45) is 0 Å². The fourth-order valence-electron chi connectivity index (χ4n) is 4.56. The van der Waals surface area contributed by atoms with E-state index in [1.807, 2.05) is 18.7 Å². The minimum atomic E-state index is -4.73. The minimum absolute atomic E-state index is 0.127. The van der Waals surface area contributed by atoms with E-state index in [4.69, 9.17) is 0 Å². The predicted molar refractivity (Wildman–Crippen MR) is 131 cm³/mol. The largest absolute Gasteiger partial charge is 0.418 e. The van der Waals surface area contributed by atoms with Crippen LogP contribution in [-0.4, -0.2) is 32.8 Å². The van der Waals surface area contributed by atoms with Crippen LogP contribution in [-0.2, 0) is 6.18 Å². The maximum atomic E-state index is 14.1. The summed E-state index contributed by atoms with van der Waals surface area (Å²) in [7, 11) is 0. The van der Waals surface area contributed by atoms with Gasteiger partial charge in [0.25, 0.3) is 5.69 Å². The Bertz CT molecular complexity index is 1310. The third-order valence-electron chi connectivity index (χ3n) is 6.48. The van der Waals surface area contributed by atoms with Crippen molar-refractivity contribution in [3.63, 3.8) is 0 Å². The molecule has 2 aromatic carbocycles. The number of H-pyrrole nitrogens is 1. The molecule has 0 aliphatic carbocycles. The molecule has 1 aliphatic rings. The van der Waals surface area contributed by atoms with Crippen molar-refractivity contribution >= 4 is 23.1 Å². The lowest BCUT2D eigenvalue weighted by molar-refractivity contribution is -0.387. The molecule has 2 heterocycles. The fraction of sp³-hybridized carbons (Fsp3) is 0.417. The standard InChI is InChI=1S/C24H26F3N5O3S/c1-3-15(4-2)16-7-10-21(20(13-16)32(34)35)36-23-29-28-22(33)31(23)19-9-8-17(30-11-5-6-12-30)14-18(19)24(25,26)27/h7-10,13-15H,3-6,11-12H2,1-2H3,(H,28,33). The van der Waals surface area contributed by atoms with Gasteiger partial charge in [-0.05, 0) is 73.2 Å². The van der Waals surface area contributed by atoms with Crippen LogP contribution in [0.2, 0.25) is 0 Å². The van der Waals surface area contributed by atoms with E-state index in [1.54, 1.807) is 18.2 Å². The van der Waals surface area contributed by atoms with Crippen molar-refractivity contribution in [1.82, 2.24) is 14.8 Å². The number of hydrogen-bond acceptors (Lipinski definition) is 6. The van der Waals surface area contributed by atoms with Gasteiger partial charge >= 0.3 is 11.9 Å². The van der Waals surface area contributed by atoms with Gasteiger partial charge in [-0.2, -0.15) is 13.2 Å². The summed E-state index contributed by atoms with van der Waals surface area (Å²) in [6, 6.07) is 8.66. The number of aromatic nitrogens is 3. The Morgan fingerprint density at radius 3 is 2.44 bits per heavy atom. The van der Waals surface area contributed by atoms with Gasteiger partial charge < -0.3 is 4.90 Å². The zero-order valence-electron chi connectivity index (χ0n) is 19.8. The van der Waals surface area contributed by atoms with Crippen LogP contribution in [0.3, 0.4) is 0 Å². The number of hydrogen-bond donors (Lipinski definition) is 1. The minimum Gasteiger partial charge on any atom is -0.372 e. The van der Waals surface area contributed by atoms with Crippen LogP contribution >= 0.6 is 11.8 Å². The van der Waals surface area contributed by atoms with Gasteiger partial charge in [0.1, 0.15) is 0 Å². The summed E-state index contributed by atoms with van der Waals surface area (Å²) in [6.07, 6.45) is -1.30. The number of nitrogens with zero attached hydrogens (tertiary/aromatic N) is 4. The number of alkyl halides is 3. The molecule has 4 rings (SSSR count). The van der Waals surface area contributed by atoms with E-state index in [2.05, 4.69) is 10.2 Å². The Kier molecular flexibility index (Phi) is 7.43. The number of nitro benzene ring substituents is 1. The van der Waals surface area contributed by atoms with Crippen LogP contribution in [0.5, 0.6) is 0 Å². The van der Waals surface area contributed by atoms with E-state index >= 15 is 0 Å². The molecule has 1 saturated heterocycles. The van der Waals surface area contributed by atoms with Crippen LogP contribution in [0.25, 0.3) is 5.69 Å². The normalized spacial score (nSPS) is 14.1. The first-order valence-electron chi connectivity index (χ1n) is 11.7. The molecule has 0 amide bonds. The van der Waals surface area contributed by atoms with Crippen LogP contribution in [0.15, 0.2) is 51.2 Å². The Hall–Kier alpha value is -3.28. The SMILES string of the molecule is CCC(CC)c1ccc(Sc2n[nH]c(=O)n2-c2ccc(N3CCCC3)cc2C(F)(F)F)c([N+](=O)[O-])c1. The van der Waals surface area contributed by atoms with E-state index in [0.717, 1.165) is 53.6 Å². The lowest BCUT2D eigenvalue weighted by Crippen LogP contribution is -2.22. The molecule has 1 aliphatic heterocycles. The number of anilines is 1. The Labute approximate surface area is 209 Å². The first kappa shape index (κ1) is 25.8. The molecule has 3 aromatic rings. The van der Waals surface area contributed by atoms with Gasteiger partial charge in [0.2, 0.25) is 5.16 Å². The van der Waals surface area contributed by atoms with Gasteiger partial charge in [0, 0.05) is 24.8 Å². The molecule has 0 bridgehead atoms. The molecule has 0 unspecified atom stereocenters. The second-order valence-electron chi connectivity index (χ2n) is 8.64. The highest BCUT2D eigenvalue weighted by Crippen LogP contribution is 2.40. The zero-order valence-corrected chi connectivity index (χ0v) is 20.7. The summed E-state index contributed by atoms with van der Waals surface area (Å²) in [5.74, 6) is 0.148. The maximum absolute atomic E-state index is 14.1. The van der Waals surface area contributed by atoms with Crippen molar-refractivity contribution in [2.45, 2.75) is 61.7 Å². The second-order valence-corrected chi connectivity index (χ2v) is 9.65. The molecular weight excluding hydrogens is 495 g/mol. The number of benzene rings is 2. The fourth-order valence-corrected chi connectivity index (χ4v) is 5.49. The number of aromatic amines is 1. The molecule has 8 nitrogen and oxygen atoms in total. The van der Waals surface area contributed by atoms with Crippen molar-refractivity contribution in [3.05, 3.63) is 68.1 Å². The lowest BCUT2D eigenvalue weighted by Gasteiger charge is -2.21. The Morgan fingerprint density at radius 2 is 1.83 bits per heavy atom. The Balaban J connectivity index is 1.78. The van der Waals surface area contributed by atoms with Crippen LogP contribution < -0.4 is 10.6 Å². The lowest BCUT2D eigenvalue weighted by atomic mass is 9.94. The van der Waals surface area contributed by atoms with Crippen LogP contribution in [0.4, 0.5) is 24.5 Å². The molecule has 192 valence electrons. The van der Waals surface area contributed by atoms with Gasteiger partial charge in [-0.3, -0.25) is 10.1 Å². The quantitative estimate of drug-likeness (QED) is 0.282. The molecule has 0 radical (unpaired) electrons. The van der Waals surface area contributed by atoms with Gasteiger partial charge in [0.05, 0.1) is 21.1 Å². The van der Waals surface area contributed by atoms with Crippen molar-refractivity contribution in [1.29, 1.82) is 0 Å². The Morgan fingerprint density at radius 1 is 1.14 bits per heavy atom. The maximum Gasteiger partial charge on any atom is 0.418 e. The predicted octanol–water partition coefficient (Wildman–Crippen LogP) is 6.14. The average molecular weight is 522 g/mol. The highest BCUT2D eigenvalue weighted by molar-refractivity contribution is 7.99. The second kappa shape index (κ2) is 10.4. The number of rotatable bonds is 8. The topological polar surface area (TPSA) is 97.1 Å². The molecule has 1 aromatic heterocycles. The monoisotopic (exact) mass is 521 g/mol. The van der Waals surface area contributed by atoms with E-state index in [-0.39, 0.29) is 27.3 Å². The van der Waals surface area contributed by atoms with E-state index in [0.29, 0.717) is 18.8 Å². The van der Waals surface area contributed by atoms with Gasteiger partial charge in [-0.25, -0.2) is 14.5 Å². The van der Waals surface area contributed by atoms with Crippen molar-refractivity contribution < 1.29 is 18.1 Å². The van der Waals surface area contributed by atoms with E-state index in [9.17, 15) is 28.1 Å². The third-order valence-corrected chi connectivity index (χ3v) is 7.50. The molecule has 1 N–H and O–H groups in total. The molecule has 0 saturated carbocycles. The summed E-state index contributed by atoms with van der Waals surface area (Å²) < 4.78 is 43.1. The highest BCUT2D eigenvalue weighted by Gasteiger charge is 2.36. The van der Waals surface area contributed by atoms with Crippen molar-refractivity contribution in [3.8, 4) is 5.69 Å². The zero-order chi connectivity index (χ0) is 26.0. The van der Waals surface area contributed by atoms with Crippen molar-refractivity contribution in [2.75, 3.05) is 18.0 Å². The molecule has 0 spiro atoms. The van der Waals surface area contributed by atoms with Crippen LogP contribution in [0, 0.1) is 10.1 Å². The molecule has 36 heavy (non-hydrogen) atoms. The smallest absolute Gasteiger partial charge is 0.372 e. The third kappa shape index (κ3) is 5.13. The highest BCUT2D eigenvalue weighted by atomic mass is 32.2. The summed E-state index contributed by atoms with van der Waals surface area (Å²) in [5.41, 5.74) is -1.17. The summed E-state index contributed by atoms with van der Waals surface area (Å²) in [5, 5.41) is 17.8. The summed E-state index contributed by atoms with van der Waals surface area (Å²) >= 11 is 0.770. The molecule has 1 fully saturated rings. The van der Waals surface area contributed by atoms with Gasteiger partial charge in [0.15, 0.2) is 0 Å². The first-order chi connectivity index (χ1) is 17.1. The number of halogens is 3. The first-order valence-corrected chi connectivity index (χ1v) is 12.6. The van der Waals surface area contributed by atoms with Gasteiger partial charge in [-0.1, -0.05) is 19.9 Å². The summed E-state index contributed by atoms with van der Waals surface area (Å²) in [6.45, 7) is 5.33. The number of nitro groups is 1. The number of nitrogens with one attached hydrogen (secondary N) is 1. The molecule has 0 atom stereocenters. The van der Waals surface area contributed by atoms with E-state index in [1.165, 1.54) is 12.1 Å². The van der Waals surface area contributed by atoms with E-state index < -0.39 is 22.4 Å². The summed E-state index contributed by atoms with van der Waals surface area (Å²) in [4.78, 5) is 25.9. The van der Waals surface area contributed by atoms with Gasteiger partial charge in [-0.15, -0.1) is 5.10 Å². The van der Waals surface area contributed by atoms with Crippen LogP contribution in [0.1, 0.15) is 56.6 Å². The molecular formula is C24H26F3N5O3S. The molecule has 12 heteroatoms.